The van der Waals surface area contributed by atoms with Crippen molar-refractivity contribution in [1.82, 2.24) is 14.9 Å². The Morgan fingerprint density at radius 3 is 2.52 bits per heavy atom. The molecule has 0 spiro atoms. The minimum atomic E-state index is -0.0755. The third-order valence-corrected chi connectivity index (χ3v) is 6.05. The number of unbranched alkanes of at least 4 members (excludes halogenated alkanes) is 1. The first-order chi connectivity index (χ1) is 16.0. The number of ether oxygens (including phenoxy) is 1. The Morgan fingerprint density at radius 1 is 0.909 bits per heavy atom. The smallest absolute Gasteiger partial charge is 0.251 e. The summed E-state index contributed by atoms with van der Waals surface area (Å²) in [5.74, 6) is 1.72. The molecule has 0 aliphatic rings. The van der Waals surface area contributed by atoms with Crippen LogP contribution in [0.25, 0.3) is 11.0 Å². The zero-order chi connectivity index (χ0) is 23.2. The first-order valence-electron chi connectivity index (χ1n) is 11.5. The highest BCUT2D eigenvalue weighted by Gasteiger charge is 2.13. The van der Waals surface area contributed by atoms with E-state index >= 15 is 0 Å². The number of nitrogens with zero attached hydrogens (tertiary/aromatic N) is 2. The van der Waals surface area contributed by atoms with Crippen molar-refractivity contribution in [3.8, 4) is 5.75 Å². The fraction of sp³-hybridized carbons (Fsp3) is 0.286. The Balaban J connectivity index is 1.38. The van der Waals surface area contributed by atoms with Crippen molar-refractivity contribution < 1.29 is 9.53 Å². The largest absolute Gasteiger partial charge is 0.494 e. The van der Waals surface area contributed by atoms with Crippen LogP contribution in [-0.2, 0) is 13.1 Å². The van der Waals surface area contributed by atoms with Gasteiger partial charge in [0.2, 0.25) is 0 Å². The molecule has 1 heterocycles. The minimum absolute atomic E-state index is 0.0755. The predicted molar refractivity (Wildman–Crippen MR) is 133 cm³/mol. The van der Waals surface area contributed by atoms with Gasteiger partial charge < -0.3 is 14.6 Å². The molecule has 1 aromatic heterocycles. The number of aromatic nitrogens is 2. The van der Waals surface area contributed by atoms with Crippen molar-refractivity contribution in [2.75, 3.05) is 6.61 Å². The summed E-state index contributed by atoms with van der Waals surface area (Å²) >= 11 is 0. The van der Waals surface area contributed by atoms with Gasteiger partial charge in [-0.05, 0) is 80.6 Å². The van der Waals surface area contributed by atoms with Crippen LogP contribution >= 0.6 is 0 Å². The highest BCUT2D eigenvalue weighted by atomic mass is 16.5. The van der Waals surface area contributed by atoms with E-state index in [2.05, 4.69) is 41.9 Å². The van der Waals surface area contributed by atoms with E-state index in [0.29, 0.717) is 18.7 Å². The first kappa shape index (κ1) is 22.6. The summed E-state index contributed by atoms with van der Waals surface area (Å²) in [7, 11) is 0. The Labute approximate surface area is 195 Å². The number of para-hydroxylation sites is 2. The summed E-state index contributed by atoms with van der Waals surface area (Å²) in [6.45, 7) is 8.05. The molecule has 5 nitrogen and oxygen atoms in total. The number of carbonyl (C=O) groups excluding carboxylic acids is 1. The highest BCUT2D eigenvalue weighted by Crippen LogP contribution is 2.19. The first-order valence-corrected chi connectivity index (χ1v) is 11.5. The van der Waals surface area contributed by atoms with Crippen LogP contribution < -0.4 is 10.1 Å². The monoisotopic (exact) mass is 441 g/mol. The van der Waals surface area contributed by atoms with Crippen LogP contribution in [0.15, 0.2) is 66.7 Å². The normalized spacial score (nSPS) is 11.0. The number of aryl methyl sites for hydroxylation is 4. The Kier molecular flexibility index (Phi) is 7.08. The predicted octanol–water partition coefficient (Wildman–Crippen LogP) is 5.75. The lowest BCUT2D eigenvalue weighted by molar-refractivity contribution is 0.0949. The van der Waals surface area contributed by atoms with Gasteiger partial charge in [0.15, 0.2) is 0 Å². The number of hydrogen-bond donors (Lipinski definition) is 1. The van der Waals surface area contributed by atoms with Gasteiger partial charge in [0.1, 0.15) is 11.6 Å². The minimum Gasteiger partial charge on any atom is -0.494 e. The van der Waals surface area contributed by atoms with Crippen molar-refractivity contribution in [2.45, 2.75) is 46.7 Å². The number of amides is 1. The second kappa shape index (κ2) is 10.3. The van der Waals surface area contributed by atoms with Crippen molar-refractivity contribution in [1.29, 1.82) is 0 Å². The third-order valence-electron chi connectivity index (χ3n) is 6.05. The topological polar surface area (TPSA) is 56.1 Å². The average molecular weight is 442 g/mol. The number of imidazole rings is 1. The van der Waals surface area contributed by atoms with Crippen LogP contribution in [0.4, 0.5) is 0 Å². The number of hydrogen-bond acceptors (Lipinski definition) is 3. The maximum Gasteiger partial charge on any atom is 0.251 e. The second-order valence-electron chi connectivity index (χ2n) is 8.47. The molecular weight excluding hydrogens is 410 g/mol. The van der Waals surface area contributed by atoms with E-state index in [-0.39, 0.29) is 5.91 Å². The number of fused-ring (bicyclic) bond motifs is 1. The van der Waals surface area contributed by atoms with Crippen molar-refractivity contribution in [2.24, 2.45) is 0 Å². The molecule has 0 unspecified atom stereocenters. The molecule has 5 heteroatoms. The molecule has 0 aliphatic carbocycles. The molecule has 4 aromatic rings. The van der Waals surface area contributed by atoms with E-state index in [1.165, 1.54) is 11.1 Å². The molecule has 0 bridgehead atoms. The standard InChI is InChI=1S/C28H31N3O2/c1-20-14-15-23(18-22(20)3)33-17-9-8-16-31-26-13-7-6-12-25(26)30-27(31)19-29-28(32)24-11-5-4-10-21(24)2/h4-7,10-15,18H,8-9,16-17,19H2,1-3H3,(H,29,32). The molecular formula is C28H31N3O2. The van der Waals surface area contributed by atoms with Crippen LogP contribution in [-0.4, -0.2) is 22.1 Å². The van der Waals surface area contributed by atoms with E-state index < -0.39 is 0 Å². The van der Waals surface area contributed by atoms with Crippen molar-refractivity contribution in [3.05, 3.63) is 94.8 Å². The van der Waals surface area contributed by atoms with Gasteiger partial charge in [0.05, 0.1) is 24.2 Å². The maximum absolute atomic E-state index is 12.7. The van der Waals surface area contributed by atoms with Gasteiger partial charge in [-0.1, -0.05) is 36.4 Å². The summed E-state index contributed by atoms with van der Waals surface area (Å²) in [6, 6.07) is 22.0. The van der Waals surface area contributed by atoms with Gasteiger partial charge in [-0.15, -0.1) is 0 Å². The molecule has 0 saturated carbocycles. The highest BCUT2D eigenvalue weighted by molar-refractivity contribution is 5.95. The fourth-order valence-corrected chi connectivity index (χ4v) is 3.96. The Hall–Kier alpha value is -3.60. The Morgan fingerprint density at radius 2 is 1.70 bits per heavy atom. The van der Waals surface area contributed by atoms with Crippen LogP contribution in [0, 0.1) is 20.8 Å². The zero-order valence-corrected chi connectivity index (χ0v) is 19.6. The van der Waals surface area contributed by atoms with Gasteiger partial charge in [-0.25, -0.2) is 4.98 Å². The summed E-state index contributed by atoms with van der Waals surface area (Å²) in [4.78, 5) is 17.5. The van der Waals surface area contributed by atoms with Crippen molar-refractivity contribution in [3.63, 3.8) is 0 Å². The lowest BCUT2D eigenvalue weighted by Gasteiger charge is -2.12. The molecule has 0 aliphatic heterocycles. The number of nitrogens with one attached hydrogen (secondary N) is 1. The third kappa shape index (κ3) is 5.43. The number of benzene rings is 3. The molecule has 0 saturated heterocycles. The summed E-state index contributed by atoms with van der Waals surface area (Å²) in [6.07, 6.45) is 1.90. The van der Waals surface area contributed by atoms with Crippen LogP contribution in [0.1, 0.15) is 45.7 Å². The quantitative estimate of drug-likeness (QED) is 0.337. The number of rotatable bonds is 9. The van der Waals surface area contributed by atoms with E-state index in [0.717, 1.165) is 47.6 Å². The fourth-order valence-electron chi connectivity index (χ4n) is 3.96. The average Bonchev–Trinajstić information content (AvgIpc) is 3.17. The van der Waals surface area contributed by atoms with Crippen LogP contribution in [0.2, 0.25) is 0 Å². The maximum atomic E-state index is 12.7. The number of carbonyl (C=O) groups is 1. The summed E-state index contributed by atoms with van der Waals surface area (Å²) in [5.41, 5.74) is 6.22. The van der Waals surface area contributed by atoms with Gasteiger partial charge in [0, 0.05) is 12.1 Å². The Bertz CT molecular complexity index is 1260. The van der Waals surface area contributed by atoms with E-state index in [1.54, 1.807) is 0 Å². The lowest BCUT2D eigenvalue weighted by atomic mass is 10.1. The van der Waals surface area contributed by atoms with Gasteiger partial charge >= 0.3 is 0 Å². The molecule has 170 valence electrons. The molecule has 33 heavy (non-hydrogen) atoms. The van der Waals surface area contributed by atoms with Gasteiger partial charge in [-0.3, -0.25) is 4.79 Å². The van der Waals surface area contributed by atoms with Crippen LogP contribution in [0.3, 0.4) is 0 Å². The molecule has 1 amide bonds. The summed E-state index contributed by atoms with van der Waals surface area (Å²) in [5, 5.41) is 3.04. The zero-order valence-electron chi connectivity index (χ0n) is 19.6. The molecule has 0 atom stereocenters. The second-order valence-corrected chi connectivity index (χ2v) is 8.47. The van der Waals surface area contributed by atoms with Crippen molar-refractivity contribution >= 4 is 16.9 Å². The molecule has 0 radical (unpaired) electrons. The van der Waals surface area contributed by atoms with E-state index in [4.69, 9.17) is 9.72 Å². The molecule has 4 rings (SSSR count). The molecule has 0 fully saturated rings. The lowest BCUT2D eigenvalue weighted by Crippen LogP contribution is -2.25. The summed E-state index contributed by atoms with van der Waals surface area (Å²) < 4.78 is 8.15. The van der Waals surface area contributed by atoms with Gasteiger partial charge in [0.25, 0.3) is 5.91 Å². The molecule has 3 aromatic carbocycles. The molecule has 1 N–H and O–H groups in total. The van der Waals surface area contributed by atoms with Crippen LogP contribution in [0.5, 0.6) is 5.75 Å². The van der Waals surface area contributed by atoms with E-state index in [9.17, 15) is 4.79 Å². The van der Waals surface area contributed by atoms with Gasteiger partial charge in [-0.2, -0.15) is 0 Å². The van der Waals surface area contributed by atoms with E-state index in [1.807, 2.05) is 55.5 Å². The SMILES string of the molecule is Cc1ccc(OCCCCn2c(CNC(=O)c3ccccc3C)nc3ccccc32)cc1C.